The lowest BCUT2D eigenvalue weighted by Crippen LogP contribution is -2.15. The summed E-state index contributed by atoms with van der Waals surface area (Å²) in [7, 11) is 3.88. The Hall–Kier alpha value is -4.04. The molecule has 0 atom stereocenters. The standard InChI is InChI=1S/C24H21N5O2S/c1-29(2)20-13-11-16(12-14-20)21(30)25-19-10-6-9-18(15-19)22(31)26-24-28-27-23(32-24)17-7-4-3-5-8-17/h3-15H,1-2H3,(H,25,30)(H,26,28,31). The number of amides is 2. The van der Waals surface area contributed by atoms with Gasteiger partial charge in [0, 0.05) is 42.2 Å². The quantitative estimate of drug-likeness (QED) is 0.448. The van der Waals surface area contributed by atoms with Crippen LogP contribution in [0.25, 0.3) is 10.6 Å². The first-order chi connectivity index (χ1) is 15.5. The second kappa shape index (κ2) is 9.40. The van der Waals surface area contributed by atoms with E-state index in [2.05, 4.69) is 20.8 Å². The summed E-state index contributed by atoms with van der Waals surface area (Å²) in [6.45, 7) is 0. The third-order valence-electron chi connectivity index (χ3n) is 4.69. The van der Waals surface area contributed by atoms with Crippen LogP contribution in [0.15, 0.2) is 78.9 Å². The van der Waals surface area contributed by atoms with Crippen molar-refractivity contribution >= 4 is 39.7 Å². The molecule has 160 valence electrons. The minimum absolute atomic E-state index is 0.246. The zero-order chi connectivity index (χ0) is 22.5. The molecule has 0 aliphatic heterocycles. The third-order valence-corrected chi connectivity index (χ3v) is 5.58. The van der Waals surface area contributed by atoms with Crippen molar-refractivity contribution in [3.05, 3.63) is 90.0 Å². The van der Waals surface area contributed by atoms with Crippen LogP contribution in [0.4, 0.5) is 16.5 Å². The Balaban J connectivity index is 1.43. The largest absolute Gasteiger partial charge is 0.378 e. The summed E-state index contributed by atoms with van der Waals surface area (Å²) >= 11 is 1.30. The SMILES string of the molecule is CN(C)c1ccc(C(=O)Nc2cccc(C(=O)Nc3nnc(-c4ccccc4)s3)c2)cc1. The molecule has 0 unspecified atom stereocenters. The highest BCUT2D eigenvalue weighted by molar-refractivity contribution is 7.18. The molecule has 0 fully saturated rings. The molecule has 7 nitrogen and oxygen atoms in total. The van der Waals surface area contributed by atoms with Gasteiger partial charge < -0.3 is 10.2 Å². The number of nitrogens with zero attached hydrogens (tertiary/aromatic N) is 3. The van der Waals surface area contributed by atoms with Crippen molar-refractivity contribution in [1.82, 2.24) is 10.2 Å². The summed E-state index contributed by atoms with van der Waals surface area (Å²) < 4.78 is 0. The number of benzene rings is 3. The molecule has 0 spiro atoms. The molecular formula is C24H21N5O2S. The minimum Gasteiger partial charge on any atom is -0.378 e. The molecule has 1 heterocycles. The van der Waals surface area contributed by atoms with Crippen molar-refractivity contribution in [2.75, 3.05) is 29.6 Å². The fraction of sp³-hybridized carbons (Fsp3) is 0.0833. The van der Waals surface area contributed by atoms with E-state index in [9.17, 15) is 9.59 Å². The van der Waals surface area contributed by atoms with E-state index in [-0.39, 0.29) is 11.8 Å². The molecule has 1 aromatic heterocycles. The maximum absolute atomic E-state index is 12.7. The van der Waals surface area contributed by atoms with Gasteiger partial charge in [0.25, 0.3) is 11.8 Å². The number of hydrogen-bond donors (Lipinski definition) is 2. The number of rotatable bonds is 6. The van der Waals surface area contributed by atoms with E-state index in [0.717, 1.165) is 16.3 Å². The number of hydrogen-bond acceptors (Lipinski definition) is 6. The predicted octanol–water partition coefficient (Wildman–Crippen LogP) is 4.78. The van der Waals surface area contributed by atoms with Crippen LogP contribution in [-0.2, 0) is 0 Å². The number of aromatic nitrogens is 2. The Morgan fingerprint density at radius 3 is 2.22 bits per heavy atom. The minimum atomic E-state index is -0.327. The molecule has 32 heavy (non-hydrogen) atoms. The lowest BCUT2D eigenvalue weighted by atomic mass is 10.1. The lowest BCUT2D eigenvalue weighted by molar-refractivity contribution is 0.101. The second-order valence-corrected chi connectivity index (χ2v) is 8.19. The fourth-order valence-electron chi connectivity index (χ4n) is 2.99. The summed E-state index contributed by atoms with van der Waals surface area (Å²) in [4.78, 5) is 27.2. The zero-order valence-electron chi connectivity index (χ0n) is 17.6. The van der Waals surface area contributed by atoms with Gasteiger partial charge in [-0.3, -0.25) is 14.9 Å². The Morgan fingerprint density at radius 2 is 1.50 bits per heavy atom. The molecule has 2 N–H and O–H groups in total. The molecular weight excluding hydrogens is 422 g/mol. The third kappa shape index (κ3) is 4.98. The normalized spacial score (nSPS) is 10.4. The van der Waals surface area contributed by atoms with Crippen LogP contribution in [0.1, 0.15) is 20.7 Å². The van der Waals surface area contributed by atoms with Gasteiger partial charge in [-0.2, -0.15) is 0 Å². The number of nitrogens with one attached hydrogen (secondary N) is 2. The maximum atomic E-state index is 12.7. The van der Waals surface area contributed by atoms with Crippen molar-refractivity contribution in [3.8, 4) is 10.6 Å². The Morgan fingerprint density at radius 1 is 0.781 bits per heavy atom. The Bertz CT molecular complexity index is 1240. The van der Waals surface area contributed by atoms with Gasteiger partial charge in [0.05, 0.1) is 0 Å². The highest BCUT2D eigenvalue weighted by Gasteiger charge is 2.13. The van der Waals surface area contributed by atoms with E-state index in [1.54, 1.807) is 36.4 Å². The van der Waals surface area contributed by atoms with Crippen LogP contribution in [0.2, 0.25) is 0 Å². The highest BCUT2D eigenvalue weighted by Crippen LogP contribution is 2.26. The first-order valence-corrected chi connectivity index (χ1v) is 10.7. The number of carbonyl (C=O) groups excluding carboxylic acids is 2. The topological polar surface area (TPSA) is 87.2 Å². The number of carbonyl (C=O) groups is 2. The van der Waals surface area contributed by atoms with E-state index in [1.807, 2.05) is 61.5 Å². The van der Waals surface area contributed by atoms with Crippen LogP contribution in [0.3, 0.4) is 0 Å². The Labute approximate surface area is 189 Å². The number of anilines is 3. The molecule has 0 aliphatic rings. The molecule has 0 saturated heterocycles. The van der Waals surface area contributed by atoms with E-state index < -0.39 is 0 Å². The van der Waals surface area contributed by atoms with Crippen molar-refractivity contribution in [3.63, 3.8) is 0 Å². The first-order valence-electron chi connectivity index (χ1n) is 9.89. The molecule has 2 amide bonds. The lowest BCUT2D eigenvalue weighted by Gasteiger charge is -2.12. The van der Waals surface area contributed by atoms with Crippen LogP contribution in [0, 0.1) is 0 Å². The van der Waals surface area contributed by atoms with Gasteiger partial charge in [0.2, 0.25) is 5.13 Å². The fourth-order valence-corrected chi connectivity index (χ4v) is 3.74. The molecule has 0 saturated carbocycles. The molecule has 0 radical (unpaired) electrons. The van der Waals surface area contributed by atoms with Crippen molar-refractivity contribution < 1.29 is 9.59 Å². The van der Waals surface area contributed by atoms with Gasteiger partial charge in [-0.25, -0.2) is 0 Å². The van der Waals surface area contributed by atoms with Gasteiger partial charge in [0.15, 0.2) is 0 Å². The average Bonchev–Trinajstić information content (AvgIpc) is 3.28. The van der Waals surface area contributed by atoms with Gasteiger partial charge in [-0.1, -0.05) is 47.7 Å². The van der Waals surface area contributed by atoms with Gasteiger partial charge >= 0.3 is 0 Å². The van der Waals surface area contributed by atoms with Crippen LogP contribution in [0.5, 0.6) is 0 Å². The van der Waals surface area contributed by atoms with Crippen molar-refractivity contribution in [1.29, 1.82) is 0 Å². The molecule has 8 heteroatoms. The van der Waals surface area contributed by atoms with Gasteiger partial charge in [-0.15, -0.1) is 10.2 Å². The summed E-state index contributed by atoms with van der Waals surface area (Å²) in [5, 5.41) is 14.9. The monoisotopic (exact) mass is 443 g/mol. The molecule has 0 bridgehead atoms. The summed E-state index contributed by atoms with van der Waals surface area (Å²) in [6, 6.07) is 23.7. The molecule has 4 rings (SSSR count). The van der Waals surface area contributed by atoms with E-state index in [0.29, 0.717) is 21.9 Å². The molecule has 3 aromatic carbocycles. The van der Waals surface area contributed by atoms with E-state index in [4.69, 9.17) is 0 Å². The summed E-state index contributed by atoms with van der Waals surface area (Å²) in [5.41, 5.74) is 3.41. The van der Waals surface area contributed by atoms with Crippen LogP contribution in [-0.4, -0.2) is 36.1 Å². The van der Waals surface area contributed by atoms with Crippen molar-refractivity contribution in [2.45, 2.75) is 0 Å². The predicted molar refractivity (Wildman–Crippen MR) is 128 cm³/mol. The first kappa shape index (κ1) is 21.2. The highest BCUT2D eigenvalue weighted by atomic mass is 32.1. The zero-order valence-corrected chi connectivity index (χ0v) is 18.4. The maximum Gasteiger partial charge on any atom is 0.257 e. The van der Waals surface area contributed by atoms with Gasteiger partial charge in [0.1, 0.15) is 5.01 Å². The molecule has 0 aliphatic carbocycles. The second-order valence-electron chi connectivity index (χ2n) is 7.21. The van der Waals surface area contributed by atoms with Crippen molar-refractivity contribution in [2.24, 2.45) is 0 Å². The average molecular weight is 444 g/mol. The molecule has 4 aromatic rings. The summed E-state index contributed by atoms with van der Waals surface area (Å²) in [5.74, 6) is -0.573. The van der Waals surface area contributed by atoms with Gasteiger partial charge in [-0.05, 0) is 42.5 Å². The van der Waals surface area contributed by atoms with E-state index in [1.165, 1.54) is 11.3 Å². The van der Waals surface area contributed by atoms with Crippen LogP contribution >= 0.6 is 11.3 Å². The van der Waals surface area contributed by atoms with Crippen LogP contribution < -0.4 is 15.5 Å². The van der Waals surface area contributed by atoms with E-state index >= 15 is 0 Å². The summed E-state index contributed by atoms with van der Waals surface area (Å²) in [6.07, 6.45) is 0. The smallest absolute Gasteiger partial charge is 0.257 e. The Kier molecular flexibility index (Phi) is 6.23.